The van der Waals surface area contributed by atoms with Crippen molar-refractivity contribution >= 4 is 131 Å². The number of anilines is 5. The molecule has 33 nitrogen and oxygen atoms in total. The van der Waals surface area contributed by atoms with E-state index in [1.54, 1.807) is 62.0 Å². The number of H-pyrrole nitrogens is 10. The highest BCUT2D eigenvalue weighted by molar-refractivity contribution is 6.34. The van der Waals surface area contributed by atoms with Crippen molar-refractivity contribution < 1.29 is 64.2 Å². The van der Waals surface area contributed by atoms with Crippen molar-refractivity contribution in [1.29, 1.82) is 0 Å². The molecular weight excluding hydrogens is 1760 g/mol. The number of carbonyl (C=O) groups excluding carboxylic acids is 6. The van der Waals surface area contributed by atoms with Gasteiger partial charge < -0.3 is 61.1 Å². The summed E-state index contributed by atoms with van der Waals surface area (Å²) >= 11 is 6.17. The molecule has 1 aliphatic heterocycles. The van der Waals surface area contributed by atoms with Crippen LogP contribution >= 0.6 is 11.6 Å². The van der Waals surface area contributed by atoms with Gasteiger partial charge in [-0.3, -0.25) is 54.3 Å². The predicted molar refractivity (Wildman–Crippen MR) is 486 cm³/mol. The highest BCUT2D eigenvalue weighted by Crippen LogP contribution is 2.35. The molecule has 0 saturated carbocycles. The van der Waals surface area contributed by atoms with E-state index in [0.717, 1.165) is 99.9 Å². The highest BCUT2D eigenvalue weighted by atomic mass is 35.5. The molecule has 6 amide bonds. The lowest BCUT2D eigenvalue weighted by molar-refractivity contribution is 0.0791. The summed E-state index contributed by atoms with van der Waals surface area (Å²) in [5.74, 6) is -7.43. The zero-order chi connectivity index (χ0) is 93.4. The number of hydrogen-bond acceptors (Lipinski definition) is 17. The molecule has 41 heteroatoms. The zero-order valence-electron chi connectivity index (χ0n) is 70.1. The lowest BCUT2D eigenvalue weighted by atomic mass is 10.1. The average molecular weight is 1830 g/mol. The number of halogens is 8. The molecule has 670 valence electrons. The molecule has 21 rings (SSSR count). The van der Waals surface area contributed by atoms with Gasteiger partial charge in [-0.1, -0.05) is 78.3 Å². The van der Waals surface area contributed by atoms with Crippen LogP contribution in [0.15, 0.2) is 231 Å². The summed E-state index contributed by atoms with van der Waals surface area (Å²) < 4.78 is 100. The number of fused-ring (bicyclic) bond motifs is 5. The van der Waals surface area contributed by atoms with Crippen LogP contribution in [0.4, 0.5) is 59.2 Å². The first-order valence-corrected chi connectivity index (χ1v) is 41.1. The molecule has 134 heavy (non-hydrogen) atoms. The number of nitrogens with zero attached hydrogens (tertiary/aromatic N) is 11. The number of amides is 6. The van der Waals surface area contributed by atoms with Gasteiger partial charge in [-0.2, -0.15) is 25.5 Å². The summed E-state index contributed by atoms with van der Waals surface area (Å²) in [6.07, 6.45) is 9.12. The van der Waals surface area contributed by atoms with Crippen LogP contribution in [0.3, 0.4) is 0 Å². The number of aromatic nitrogens is 20. The molecule has 1 aliphatic rings. The normalized spacial score (nSPS) is 11.6. The lowest BCUT2D eigenvalue weighted by Gasteiger charge is -2.14. The fraction of sp³-hybridized carbons (Fsp3) is 0.0753. The van der Waals surface area contributed by atoms with E-state index < -0.39 is 69.6 Å². The second-order valence-corrected chi connectivity index (χ2v) is 30.3. The van der Waals surface area contributed by atoms with Gasteiger partial charge in [0.25, 0.3) is 35.4 Å². The van der Waals surface area contributed by atoms with Crippen LogP contribution in [0.5, 0.6) is 5.75 Å². The van der Waals surface area contributed by atoms with Crippen molar-refractivity contribution in [2.75, 3.05) is 46.8 Å². The molecule has 1 saturated heterocycles. The Morgan fingerprint density at radius 1 is 0.343 bits per heavy atom. The minimum Gasteiger partial charge on any atom is -0.497 e. The molecule has 10 aromatic carbocycles. The van der Waals surface area contributed by atoms with Crippen LogP contribution in [-0.4, -0.2) is 161 Å². The minimum atomic E-state index is -1.30. The Bertz CT molecular complexity index is 7660. The molecule has 0 radical (unpaired) electrons. The Balaban J connectivity index is 0.000000117. The smallest absolute Gasteiger partial charge is 0.261 e. The maximum absolute atomic E-state index is 13.9. The van der Waals surface area contributed by atoms with E-state index in [9.17, 15) is 59.5 Å². The number of ether oxygens (including phenoxy) is 1. The number of rotatable bonds is 17. The van der Waals surface area contributed by atoms with Gasteiger partial charge in [0.2, 0.25) is 0 Å². The number of benzene rings is 10. The number of aryl methyl sites for hydroxylation is 2. The molecule has 11 heterocycles. The van der Waals surface area contributed by atoms with Crippen molar-refractivity contribution in [2.24, 2.45) is 0 Å². The second kappa shape index (κ2) is 38.5. The first-order valence-electron chi connectivity index (χ1n) is 40.7. The molecule has 1 fully saturated rings. The van der Waals surface area contributed by atoms with Gasteiger partial charge in [0.15, 0.2) is 29.1 Å². The van der Waals surface area contributed by atoms with Crippen LogP contribution in [0.2, 0.25) is 5.02 Å². The van der Waals surface area contributed by atoms with Crippen molar-refractivity contribution in [2.45, 2.75) is 26.7 Å². The third kappa shape index (κ3) is 19.1. The van der Waals surface area contributed by atoms with E-state index in [1.807, 2.05) is 128 Å². The van der Waals surface area contributed by atoms with Crippen LogP contribution in [0.1, 0.15) is 86.1 Å². The quantitative estimate of drug-likeness (QED) is 0.0377. The molecule has 0 unspecified atom stereocenters. The molecule has 0 spiro atoms. The van der Waals surface area contributed by atoms with Crippen LogP contribution in [0.25, 0.3) is 113 Å². The van der Waals surface area contributed by atoms with E-state index in [1.165, 1.54) is 24.7 Å². The summed E-state index contributed by atoms with van der Waals surface area (Å²) in [5.41, 5.74) is 13.3. The van der Waals surface area contributed by atoms with E-state index in [-0.39, 0.29) is 34.7 Å². The van der Waals surface area contributed by atoms with Crippen LogP contribution in [-0.2, 0) is 0 Å². The van der Waals surface area contributed by atoms with Crippen molar-refractivity contribution in [1.82, 2.24) is 106 Å². The number of carbonyl (C=O) groups is 6. The first kappa shape index (κ1) is 88.1. The van der Waals surface area contributed by atoms with Gasteiger partial charge in [-0.15, -0.1) is 0 Å². The number of aromatic amines is 10. The Morgan fingerprint density at radius 2 is 0.701 bits per heavy atom. The summed E-state index contributed by atoms with van der Waals surface area (Å²) in [5, 5.41) is 47.2. The summed E-state index contributed by atoms with van der Waals surface area (Å²) in [7, 11) is 1.60. The average Bonchev–Trinajstić information content (AvgIpc) is 1.65. The molecular formula is C93H70ClF7N26O7. The minimum absolute atomic E-state index is 0.0260. The zero-order valence-corrected chi connectivity index (χ0v) is 70.8. The molecule has 20 aromatic rings. The first-order chi connectivity index (χ1) is 64.9. The maximum atomic E-state index is 13.9. The summed E-state index contributed by atoms with van der Waals surface area (Å²) in [6.45, 7) is 5.22. The standard InChI is InChI=1S/C22H18F2N6O2.C19H17N5O2.C18H14ClN5O.C17H10F3N5O.C17H11F2N5O/c23-13-4-3-5-14(24)18(13)21(31)28-17-11-25-29-19(17)20-26-15-7-6-12(10-16(15)27-20)22(32)30-8-1-2-9-30;1-11-9-12(26-2)7-8-13(11)19(25)23-16-10-20-24-17(16)18-21-14-5-3-4-6-15(14)22-18;1-10-5-4-6-11(19)15(10)18(25)23-14-9-20-24-16(14)17-21-12-7-2-3-8-13(12)22-17;18-8-5-9(19)14(10(20)6-8)17(26)24-13-7-21-25-15(13)16-22-11-3-1-2-4-12(11)23-16;18-9-5-6-10(11(19)7-9)17(25)23-14-8-20-24-15(14)16-21-12-3-1-2-4-13(12)22-16/h3-7,10-11H,1-2,8-9H2,(H,25,29)(H,26,27)(H,28,31);3-10H,1-2H3,(H,20,24)(H,21,22)(H,23,25);2-9H,1H3,(H,20,24)(H,21,22)(H,23,25);1-7H,(H,21,25)(H,22,23)(H,24,26);1-8H,(H,20,24)(H,21,22)(H,23,25). The Morgan fingerprint density at radius 3 is 1.10 bits per heavy atom. The monoisotopic (exact) mass is 1830 g/mol. The summed E-state index contributed by atoms with van der Waals surface area (Å²) in [6, 6.07) is 52.9. The predicted octanol–water partition coefficient (Wildman–Crippen LogP) is 18.5. The molecule has 0 atom stereocenters. The lowest BCUT2D eigenvalue weighted by Crippen LogP contribution is -2.27. The highest BCUT2D eigenvalue weighted by Gasteiger charge is 2.28. The fourth-order valence-corrected chi connectivity index (χ4v) is 14.8. The Labute approximate surface area is 755 Å². The number of methoxy groups -OCH3 is 1. The largest absolute Gasteiger partial charge is 0.497 e. The topological polar surface area (TPSA) is 462 Å². The number of imidazole rings is 5. The number of hydrogen-bond donors (Lipinski definition) is 15. The maximum Gasteiger partial charge on any atom is 0.261 e. The Hall–Kier alpha value is -18.0. The molecule has 0 bridgehead atoms. The van der Waals surface area contributed by atoms with Gasteiger partial charge in [-0.25, -0.2) is 55.7 Å². The third-order valence-corrected chi connectivity index (χ3v) is 21.3. The molecule has 10 aromatic heterocycles. The van der Waals surface area contributed by atoms with Crippen molar-refractivity contribution in [3.63, 3.8) is 0 Å². The fourth-order valence-electron chi connectivity index (χ4n) is 14.5. The number of para-hydroxylation sites is 8. The van der Waals surface area contributed by atoms with Gasteiger partial charge in [0.1, 0.15) is 86.1 Å². The van der Waals surface area contributed by atoms with E-state index in [0.29, 0.717) is 137 Å². The second-order valence-electron chi connectivity index (χ2n) is 29.9. The third-order valence-electron chi connectivity index (χ3n) is 21.0. The van der Waals surface area contributed by atoms with Crippen molar-refractivity contribution in [3.05, 3.63) is 321 Å². The van der Waals surface area contributed by atoms with E-state index in [2.05, 4.69) is 127 Å². The van der Waals surface area contributed by atoms with E-state index in [4.69, 9.17) is 16.3 Å². The molecule has 15 N–H and O–H groups in total. The summed E-state index contributed by atoms with van der Waals surface area (Å²) in [4.78, 5) is 115. The Kier molecular flexibility index (Phi) is 25.3. The SMILES string of the molecule is COc1ccc(C(=O)Nc2cn[nH]c2-c2nc3ccccc3[nH]2)c(C)c1.Cc1cccc(Cl)c1C(=O)Nc1cn[nH]c1-c1nc2ccccc2[nH]1.O=C(Nc1cn[nH]c1-c1nc2ccc(C(=O)N3CCCC3)cc2[nH]1)c1c(F)cccc1F.O=C(Nc1cn[nH]c1-c1nc2ccccc2[nH]1)c1c(F)cc(F)cc1F.O=C(Nc1cn[nH]c1-c1nc2ccccc2[nH]1)c1ccc(F)cc1F. The van der Waals surface area contributed by atoms with Gasteiger partial charge in [0.05, 0.1) is 138 Å². The van der Waals surface area contributed by atoms with Gasteiger partial charge >= 0.3 is 0 Å². The van der Waals surface area contributed by atoms with Crippen LogP contribution < -0.4 is 31.3 Å². The van der Waals surface area contributed by atoms with Crippen LogP contribution in [0, 0.1) is 54.6 Å². The van der Waals surface area contributed by atoms with Gasteiger partial charge in [0, 0.05) is 42.4 Å². The van der Waals surface area contributed by atoms with E-state index >= 15 is 0 Å². The molecule has 0 aliphatic carbocycles. The number of likely N-dealkylation sites (tertiary alicyclic amines) is 1. The van der Waals surface area contributed by atoms with Crippen molar-refractivity contribution in [3.8, 4) is 63.3 Å². The van der Waals surface area contributed by atoms with Gasteiger partial charge in [-0.05, 0) is 153 Å². The number of nitrogens with one attached hydrogen (secondary N) is 15.